The van der Waals surface area contributed by atoms with Gasteiger partial charge in [-0.05, 0) is 25.3 Å². The summed E-state index contributed by atoms with van der Waals surface area (Å²) in [6.45, 7) is 7.14. The van der Waals surface area contributed by atoms with Crippen LogP contribution in [0.3, 0.4) is 0 Å². The molecule has 0 unspecified atom stereocenters. The van der Waals surface area contributed by atoms with Gasteiger partial charge in [-0.25, -0.2) is 0 Å². The molecule has 17 heavy (non-hydrogen) atoms. The maximum Gasteiger partial charge on any atom is 0.0558 e. The Hall–Kier alpha value is -0.120. The van der Waals surface area contributed by atoms with E-state index in [1.165, 1.54) is 58.2 Å². The molecular weight excluding hydrogens is 212 g/mol. The maximum absolute atomic E-state index is 8.89. The van der Waals surface area contributed by atoms with Gasteiger partial charge in [0.05, 0.1) is 6.61 Å². The summed E-state index contributed by atoms with van der Waals surface area (Å²) in [4.78, 5) is 4.97. The first kappa shape index (κ1) is 13.3. The Bertz CT molecular complexity index is 196. The number of nitrogens with zero attached hydrogens (tertiary/aromatic N) is 2. The van der Waals surface area contributed by atoms with Crippen LogP contribution in [0, 0.1) is 5.92 Å². The van der Waals surface area contributed by atoms with E-state index in [0.29, 0.717) is 6.61 Å². The largest absolute Gasteiger partial charge is 0.395 e. The Labute approximate surface area is 106 Å². The third-order valence-corrected chi connectivity index (χ3v) is 4.44. The van der Waals surface area contributed by atoms with Gasteiger partial charge in [0.15, 0.2) is 0 Å². The number of β-amino-alcohol motifs (C(OH)–C–C–N with tert-alkyl or cyclic N) is 1. The SMILES string of the molecule is OCCN1CCN(CCCC2CCCC2)CC1. The van der Waals surface area contributed by atoms with Gasteiger partial charge in [-0.15, -0.1) is 0 Å². The fourth-order valence-electron chi connectivity index (χ4n) is 3.28. The lowest BCUT2D eigenvalue weighted by Crippen LogP contribution is -2.47. The van der Waals surface area contributed by atoms with Crippen LogP contribution in [0.1, 0.15) is 38.5 Å². The molecule has 1 N–H and O–H groups in total. The Morgan fingerprint density at radius 1 is 0.882 bits per heavy atom. The molecule has 0 amide bonds. The average molecular weight is 240 g/mol. The standard InChI is InChI=1S/C14H28N2O/c17-13-12-16-10-8-15(9-11-16)7-3-6-14-4-1-2-5-14/h14,17H,1-13H2. The minimum absolute atomic E-state index is 0.307. The highest BCUT2D eigenvalue weighted by molar-refractivity contribution is 4.73. The lowest BCUT2D eigenvalue weighted by Gasteiger charge is -2.34. The molecule has 2 fully saturated rings. The summed E-state index contributed by atoms with van der Waals surface area (Å²) in [6.07, 6.45) is 8.78. The molecule has 0 aromatic carbocycles. The second kappa shape index (κ2) is 7.34. The van der Waals surface area contributed by atoms with Gasteiger partial charge >= 0.3 is 0 Å². The normalized spacial score (nSPS) is 24.5. The molecule has 1 heterocycles. The number of hydrogen-bond donors (Lipinski definition) is 1. The second-order valence-corrected chi connectivity index (χ2v) is 5.70. The van der Waals surface area contributed by atoms with Crippen molar-refractivity contribution in [2.45, 2.75) is 38.5 Å². The molecule has 1 aliphatic heterocycles. The zero-order valence-corrected chi connectivity index (χ0v) is 11.1. The zero-order valence-electron chi connectivity index (χ0n) is 11.1. The molecule has 3 nitrogen and oxygen atoms in total. The lowest BCUT2D eigenvalue weighted by atomic mass is 10.0. The van der Waals surface area contributed by atoms with Gasteiger partial charge in [-0.1, -0.05) is 25.7 Å². The monoisotopic (exact) mass is 240 g/mol. The van der Waals surface area contributed by atoms with Gasteiger partial charge in [-0.2, -0.15) is 0 Å². The highest BCUT2D eigenvalue weighted by atomic mass is 16.3. The quantitative estimate of drug-likeness (QED) is 0.763. The van der Waals surface area contributed by atoms with Crippen LogP contribution in [0.25, 0.3) is 0 Å². The third kappa shape index (κ3) is 4.57. The molecule has 0 aromatic rings. The van der Waals surface area contributed by atoms with Crippen LogP contribution in [-0.4, -0.2) is 60.8 Å². The first-order valence-electron chi connectivity index (χ1n) is 7.44. The molecule has 1 saturated carbocycles. The Kier molecular flexibility index (Phi) is 5.75. The zero-order chi connectivity index (χ0) is 11.9. The summed E-state index contributed by atoms with van der Waals surface area (Å²) in [7, 11) is 0. The number of rotatable bonds is 6. The summed E-state index contributed by atoms with van der Waals surface area (Å²) in [5, 5.41) is 8.89. The van der Waals surface area contributed by atoms with Crippen LogP contribution in [-0.2, 0) is 0 Å². The van der Waals surface area contributed by atoms with E-state index in [1.54, 1.807) is 0 Å². The minimum atomic E-state index is 0.307. The van der Waals surface area contributed by atoms with Gasteiger partial charge < -0.3 is 10.0 Å². The van der Waals surface area contributed by atoms with E-state index in [1.807, 2.05) is 0 Å². The molecule has 1 saturated heterocycles. The number of aliphatic hydroxyl groups is 1. The molecule has 0 atom stereocenters. The van der Waals surface area contributed by atoms with Crippen molar-refractivity contribution in [3.8, 4) is 0 Å². The van der Waals surface area contributed by atoms with Crippen LogP contribution in [0.4, 0.5) is 0 Å². The molecule has 2 rings (SSSR count). The van der Waals surface area contributed by atoms with Crippen LogP contribution in [0.5, 0.6) is 0 Å². The van der Waals surface area contributed by atoms with E-state index in [0.717, 1.165) is 25.6 Å². The van der Waals surface area contributed by atoms with Crippen molar-refractivity contribution in [3.05, 3.63) is 0 Å². The van der Waals surface area contributed by atoms with Crippen LogP contribution in [0.2, 0.25) is 0 Å². The van der Waals surface area contributed by atoms with E-state index >= 15 is 0 Å². The summed E-state index contributed by atoms with van der Waals surface area (Å²) < 4.78 is 0. The van der Waals surface area contributed by atoms with E-state index < -0.39 is 0 Å². The topological polar surface area (TPSA) is 26.7 Å². The highest BCUT2D eigenvalue weighted by Gasteiger charge is 2.17. The predicted molar refractivity (Wildman–Crippen MR) is 71.2 cm³/mol. The second-order valence-electron chi connectivity index (χ2n) is 5.70. The Morgan fingerprint density at radius 2 is 1.47 bits per heavy atom. The Balaban J connectivity index is 1.52. The van der Waals surface area contributed by atoms with Crippen molar-refractivity contribution in [1.29, 1.82) is 0 Å². The van der Waals surface area contributed by atoms with Crippen molar-refractivity contribution in [3.63, 3.8) is 0 Å². The van der Waals surface area contributed by atoms with Crippen molar-refractivity contribution in [2.24, 2.45) is 5.92 Å². The fraction of sp³-hybridized carbons (Fsp3) is 1.00. The van der Waals surface area contributed by atoms with Crippen molar-refractivity contribution >= 4 is 0 Å². The molecule has 0 radical (unpaired) electrons. The highest BCUT2D eigenvalue weighted by Crippen LogP contribution is 2.28. The number of piperazine rings is 1. The smallest absolute Gasteiger partial charge is 0.0558 e. The van der Waals surface area contributed by atoms with Gasteiger partial charge in [0.2, 0.25) is 0 Å². The molecular formula is C14H28N2O. The molecule has 0 aromatic heterocycles. The Morgan fingerprint density at radius 3 is 2.06 bits per heavy atom. The van der Waals surface area contributed by atoms with E-state index in [2.05, 4.69) is 9.80 Å². The van der Waals surface area contributed by atoms with Gasteiger partial charge in [0.25, 0.3) is 0 Å². The molecule has 1 aliphatic carbocycles. The van der Waals surface area contributed by atoms with Gasteiger partial charge in [0, 0.05) is 32.7 Å². The van der Waals surface area contributed by atoms with Crippen LogP contribution >= 0.6 is 0 Å². The molecule has 2 aliphatic rings. The summed E-state index contributed by atoms with van der Waals surface area (Å²) in [5.41, 5.74) is 0. The van der Waals surface area contributed by atoms with Crippen LogP contribution in [0.15, 0.2) is 0 Å². The fourth-order valence-corrected chi connectivity index (χ4v) is 3.28. The van der Waals surface area contributed by atoms with E-state index in [-0.39, 0.29) is 0 Å². The molecule has 3 heteroatoms. The van der Waals surface area contributed by atoms with Crippen molar-refractivity contribution < 1.29 is 5.11 Å². The summed E-state index contributed by atoms with van der Waals surface area (Å²) in [5.74, 6) is 1.05. The van der Waals surface area contributed by atoms with Gasteiger partial charge in [-0.3, -0.25) is 4.90 Å². The average Bonchev–Trinajstić information content (AvgIpc) is 2.85. The van der Waals surface area contributed by atoms with E-state index in [4.69, 9.17) is 5.11 Å². The first-order chi connectivity index (χ1) is 8.38. The molecule has 0 spiro atoms. The predicted octanol–water partition coefficient (Wildman–Crippen LogP) is 1.57. The first-order valence-corrected chi connectivity index (χ1v) is 7.44. The summed E-state index contributed by atoms with van der Waals surface area (Å²) >= 11 is 0. The van der Waals surface area contributed by atoms with Crippen molar-refractivity contribution in [1.82, 2.24) is 9.80 Å². The van der Waals surface area contributed by atoms with Crippen LogP contribution < -0.4 is 0 Å². The summed E-state index contributed by atoms with van der Waals surface area (Å²) in [6, 6.07) is 0. The maximum atomic E-state index is 8.89. The van der Waals surface area contributed by atoms with Crippen molar-refractivity contribution in [2.75, 3.05) is 45.9 Å². The molecule has 100 valence electrons. The molecule has 0 bridgehead atoms. The lowest BCUT2D eigenvalue weighted by molar-refractivity contribution is 0.110. The van der Waals surface area contributed by atoms with E-state index in [9.17, 15) is 0 Å². The third-order valence-electron chi connectivity index (χ3n) is 4.44. The number of hydrogen-bond acceptors (Lipinski definition) is 3. The van der Waals surface area contributed by atoms with Gasteiger partial charge in [0.1, 0.15) is 0 Å². The number of aliphatic hydroxyl groups excluding tert-OH is 1. The minimum Gasteiger partial charge on any atom is -0.395 e.